The number of rotatable bonds is 2. The number of hydrogen-bond acceptors (Lipinski definition) is 6. The standard InChI is InChI=1S/C34H22N6O4/c1-17-3-7-19(8-4-17)39-27-15-31-23(11-21(27)37-33(39)41)35-25-14-30-26(13-29(25)43-31)36-24-12-22-28(16-32(24)44-30)40(34(42)38-22)20-9-5-18(2)6-10-20/h3-16H,1-2H3,(H,37,41)(H,38,42). The lowest BCUT2D eigenvalue weighted by Gasteiger charge is -2.18. The maximum absolute atomic E-state index is 12.9. The van der Waals surface area contributed by atoms with Crippen LogP contribution >= 0.6 is 0 Å². The third-order valence-corrected chi connectivity index (χ3v) is 8.07. The fourth-order valence-corrected chi connectivity index (χ4v) is 5.86. The first-order valence-electron chi connectivity index (χ1n) is 14.1. The Morgan fingerprint density at radius 2 is 0.955 bits per heavy atom. The number of fused-ring (bicyclic) bond motifs is 6. The maximum atomic E-state index is 12.9. The van der Waals surface area contributed by atoms with E-state index in [2.05, 4.69) is 9.97 Å². The maximum Gasteiger partial charge on any atom is 0.331 e. The fourth-order valence-electron chi connectivity index (χ4n) is 5.86. The lowest BCUT2D eigenvalue weighted by Crippen LogP contribution is -2.18. The van der Waals surface area contributed by atoms with E-state index >= 15 is 0 Å². The van der Waals surface area contributed by atoms with Crippen molar-refractivity contribution in [3.05, 3.63) is 128 Å². The van der Waals surface area contributed by atoms with Gasteiger partial charge in [-0.3, -0.25) is 9.13 Å². The molecule has 2 N–H and O–H groups in total. The first-order valence-corrected chi connectivity index (χ1v) is 14.1. The Balaban J connectivity index is 1.14. The second kappa shape index (κ2) is 8.68. The van der Waals surface area contributed by atoms with E-state index in [9.17, 15) is 9.59 Å². The summed E-state index contributed by atoms with van der Waals surface area (Å²) >= 11 is 0. The number of aromatic nitrogens is 4. The van der Waals surface area contributed by atoms with Crippen molar-refractivity contribution in [2.45, 2.75) is 13.8 Å². The van der Waals surface area contributed by atoms with Crippen LogP contribution in [0.4, 0.5) is 11.4 Å². The molecule has 0 saturated heterocycles. The molecule has 0 aliphatic carbocycles. The predicted octanol–water partition coefficient (Wildman–Crippen LogP) is 5.68. The number of aryl methyl sites for hydroxylation is 2. The van der Waals surface area contributed by atoms with E-state index < -0.39 is 0 Å². The van der Waals surface area contributed by atoms with Crippen LogP contribution < -0.4 is 31.6 Å². The Morgan fingerprint density at radius 1 is 0.545 bits per heavy atom. The predicted molar refractivity (Wildman–Crippen MR) is 165 cm³/mol. The summed E-state index contributed by atoms with van der Waals surface area (Å²) in [6.07, 6.45) is 0. The molecular formula is C34H22N6O4. The zero-order chi connectivity index (χ0) is 29.7. The second-order valence-corrected chi connectivity index (χ2v) is 11.1. The van der Waals surface area contributed by atoms with Crippen LogP contribution in [0, 0.1) is 13.8 Å². The number of nitrogens with one attached hydrogen (secondary N) is 2. The Morgan fingerprint density at radius 3 is 1.36 bits per heavy atom. The third kappa shape index (κ3) is 3.61. The van der Waals surface area contributed by atoms with Crippen LogP contribution in [0.25, 0.3) is 33.4 Å². The van der Waals surface area contributed by atoms with Crippen molar-refractivity contribution in [1.29, 1.82) is 0 Å². The van der Waals surface area contributed by atoms with Gasteiger partial charge in [0.2, 0.25) is 0 Å². The Hall–Kier alpha value is -6.16. The quantitative estimate of drug-likeness (QED) is 0.274. The van der Waals surface area contributed by atoms with Crippen LogP contribution in [0.1, 0.15) is 11.1 Å². The van der Waals surface area contributed by atoms with Crippen molar-refractivity contribution in [1.82, 2.24) is 19.1 Å². The van der Waals surface area contributed by atoms with Gasteiger partial charge in [0.25, 0.3) is 0 Å². The van der Waals surface area contributed by atoms with Gasteiger partial charge in [0.05, 0.1) is 33.4 Å². The van der Waals surface area contributed by atoms with Gasteiger partial charge in [0.1, 0.15) is 22.1 Å². The van der Waals surface area contributed by atoms with E-state index in [0.29, 0.717) is 67.2 Å². The summed E-state index contributed by atoms with van der Waals surface area (Å²) in [4.78, 5) is 41.4. The first kappa shape index (κ1) is 24.4. The molecule has 44 heavy (non-hydrogen) atoms. The summed E-state index contributed by atoms with van der Waals surface area (Å²) in [5.41, 5.74) is 7.10. The van der Waals surface area contributed by atoms with Crippen LogP contribution in [0.2, 0.25) is 0 Å². The molecule has 10 nitrogen and oxygen atoms in total. The van der Waals surface area contributed by atoms with E-state index in [-0.39, 0.29) is 11.4 Å². The van der Waals surface area contributed by atoms with Crippen molar-refractivity contribution in [2.75, 3.05) is 0 Å². The molecule has 0 spiro atoms. The average molecular weight is 579 g/mol. The number of imidazole rings is 2. The van der Waals surface area contributed by atoms with Crippen molar-refractivity contribution in [3.63, 3.8) is 0 Å². The number of hydrogen-bond donors (Lipinski definition) is 2. The first-order chi connectivity index (χ1) is 21.4. The Labute approximate surface area is 247 Å². The van der Waals surface area contributed by atoms with E-state index in [1.807, 2.05) is 86.6 Å². The highest BCUT2D eigenvalue weighted by Crippen LogP contribution is 2.40. The van der Waals surface area contributed by atoms with Crippen LogP contribution in [-0.2, 0) is 0 Å². The minimum absolute atomic E-state index is 0.242. The molecule has 2 aliphatic rings. The van der Waals surface area contributed by atoms with E-state index in [0.717, 1.165) is 22.5 Å². The smallest absolute Gasteiger partial charge is 0.331 e. The minimum atomic E-state index is -0.242. The molecule has 2 aromatic heterocycles. The van der Waals surface area contributed by atoms with Gasteiger partial charge in [-0.25, -0.2) is 19.6 Å². The van der Waals surface area contributed by atoms with E-state index in [1.165, 1.54) is 0 Å². The summed E-state index contributed by atoms with van der Waals surface area (Å²) in [5, 5.41) is 1.16. The summed E-state index contributed by atoms with van der Waals surface area (Å²) in [5.74, 6) is 2.09. The molecule has 9 rings (SSSR count). The topological polar surface area (TPSA) is 119 Å². The van der Waals surface area contributed by atoms with Crippen LogP contribution in [-0.4, -0.2) is 19.1 Å². The summed E-state index contributed by atoms with van der Waals surface area (Å²) in [6, 6.07) is 26.4. The van der Waals surface area contributed by atoms with Gasteiger partial charge in [-0.05, 0) is 50.2 Å². The van der Waals surface area contributed by atoms with E-state index in [1.54, 1.807) is 21.3 Å². The molecule has 7 aromatic rings. The lowest BCUT2D eigenvalue weighted by atomic mass is 10.2. The molecule has 0 saturated carbocycles. The summed E-state index contributed by atoms with van der Waals surface area (Å²) in [6.45, 7) is 4.01. The average Bonchev–Trinajstić information content (AvgIpc) is 3.50. The van der Waals surface area contributed by atoms with E-state index in [4.69, 9.17) is 19.5 Å². The monoisotopic (exact) mass is 578 g/mol. The van der Waals surface area contributed by atoms with Crippen LogP contribution in [0.3, 0.4) is 0 Å². The molecule has 0 unspecified atom stereocenters. The second-order valence-electron chi connectivity index (χ2n) is 11.1. The SMILES string of the molecule is Cc1ccc(-n2c(=O)[nH]c3cc4c(cc32)Oc2cc3c(cc2=N4)Oc2cc4c(cc2N=3)[nH]c(=O)n4-c2ccc(C)cc2)cc1. The molecule has 4 heterocycles. The molecule has 212 valence electrons. The number of benzene rings is 5. The molecule has 0 atom stereocenters. The molecule has 2 aliphatic heterocycles. The van der Waals surface area contributed by atoms with Gasteiger partial charge in [0.15, 0.2) is 23.0 Å². The van der Waals surface area contributed by atoms with Gasteiger partial charge < -0.3 is 19.4 Å². The number of H-pyrrole nitrogens is 2. The molecule has 0 amide bonds. The highest BCUT2D eigenvalue weighted by Gasteiger charge is 2.22. The molecule has 5 aromatic carbocycles. The fraction of sp³-hybridized carbons (Fsp3) is 0.0588. The van der Waals surface area contributed by atoms with Gasteiger partial charge >= 0.3 is 11.4 Å². The molecule has 10 heteroatoms. The molecular weight excluding hydrogens is 556 g/mol. The van der Waals surface area contributed by atoms with Crippen molar-refractivity contribution < 1.29 is 9.47 Å². The van der Waals surface area contributed by atoms with Gasteiger partial charge in [-0.2, -0.15) is 0 Å². The van der Waals surface area contributed by atoms with Crippen LogP contribution in [0.15, 0.2) is 105 Å². The van der Waals surface area contributed by atoms with Crippen LogP contribution in [0.5, 0.6) is 23.0 Å². The Bertz CT molecular complexity index is 2420. The van der Waals surface area contributed by atoms with Crippen molar-refractivity contribution in [2.24, 2.45) is 9.98 Å². The van der Waals surface area contributed by atoms with Crippen molar-refractivity contribution >= 4 is 33.4 Å². The van der Waals surface area contributed by atoms with Gasteiger partial charge in [-0.1, -0.05) is 35.4 Å². The highest BCUT2D eigenvalue weighted by molar-refractivity contribution is 5.85. The lowest BCUT2D eigenvalue weighted by molar-refractivity contribution is 0.451. The summed E-state index contributed by atoms with van der Waals surface area (Å²) < 4.78 is 15.9. The molecule has 0 bridgehead atoms. The van der Waals surface area contributed by atoms with Gasteiger partial charge in [-0.15, -0.1) is 0 Å². The highest BCUT2D eigenvalue weighted by atomic mass is 16.5. The third-order valence-electron chi connectivity index (χ3n) is 8.07. The zero-order valence-electron chi connectivity index (χ0n) is 23.5. The molecule has 0 fully saturated rings. The minimum Gasteiger partial charge on any atom is -0.453 e. The van der Waals surface area contributed by atoms with Crippen molar-refractivity contribution in [3.8, 4) is 34.4 Å². The number of aromatic amines is 2. The Kier molecular flexibility index (Phi) is 4.82. The zero-order valence-corrected chi connectivity index (χ0v) is 23.5. The number of ether oxygens (including phenoxy) is 2. The summed E-state index contributed by atoms with van der Waals surface area (Å²) in [7, 11) is 0. The molecule has 0 radical (unpaired) electrons. The normalized spacial score (nSPS) is 12.8. The number of nitrogens with zero attached hydrogens (tertiary/aromatic N) is 4. The van der Waals surface area contributed by atoms with Gasteiger partial charge in [0, 0.05) is 24.3 Å². The largest absolute Gasteiger partial charge is 0.453 e.